The maximum Gasteiger partial charge on any atom is 0.320 e. The van der Waals surface area contributed by atoms with E-state index in [2.05, 4.69) is 11.8 Å². The summed E-state index contributed by atoms with van der Waals surface area (Å²) in [6.45, 7) is 6.05. The number of ether oxygens (including phenoxy) is 1. The molecule has 3 nitrogen and oxygen atoms in total. The molecule has 0 aromatic rings. The van der Waals surface area contributed by atoms with Crippen LogP contribution in [0.5, 0.6) is 0 Å². The van der Waals surface area contributed by atoms with Gasteiger partial charge in [0, 0.05) is 6.04 Å². The van der Waals surface area contributed by atoms with E-state index in [1.165, 1.54) is 30.8 Å². The third-order valence-corrected chi connectivity index (χ3v) is 3.62. The number of hydrogen-bond acceptors (Lipinski definition) is 4. The second-order valence-corrected chi connectivity index (χ2v) is 5.45. The minimum Gasteiger partial charge on any atom is -0.465 e. The predicted molar refractivity (Wildman–Crippen MR) is 68.8 cm³/mol. The van der Waals surface area contributed by atoms with Crippen LogP contribution in [0.4, 0.5) is 0 Å². The first-order chi connectivity index (χ1) is 7.77. The molecule has 0 atom stereocenters. The predicted octanol–water partition coefficient (Wildman–Crippen LogP) is 2.16. The van der Waals surface area contributed by atoms with E-state index < -0.39 is 0 Å². The Morgan fingerprint density at radius 1 is 1.44 bits per heavy atom. The van der Waals surface area contributed by atoms with E-state index in [9.17, 15) is 4.79 Å². The first-order valence-corrected chi connectivity index (χ1v) is 7.40. The summed E-state index contributed by atoms with van der Waals surface area (Å²) in [6.07, 6.45) is 3.68. The highest BCUT2D eigenvalue weighted by Gasteiger charge is 2.29. The molecule has 4 heteroatoms. The largest absolute Gasteiger partial charge is 0.465 e. The fourth-order valence-corrected chi connectivity index (χ4v) is 2.34. The molecule has 0 heterocycles. The molecule has 1 aliphatic carbocycles. The molecule has 1 fully saturated rings. The lowest BCUT2D eigenvalue weighted by Gasteiger charge is -2.20. The summed E-state index contributed by atoms with van der Waals surface area (Å²) in [4.78, 5) is 13.7. The van der Waals surface area contributed by atoms with Crippen molar-refractivity contribution in [1.29, 1.82) is 0 Å². The van der Waals surface area contributed by atoms with E-state index in [1.54, 1.807) is 0 Å². The van der Waals surface area contributed by atoms with E-state index >= 15 is 0 Å². The number of esters is 1. The van der Waals surface area contributed by atoms with E-state index in [4.69, 9.17) is 4.74 Å². The van der Waals surface area contributed by atoms with Gasteiger partial charge in [0.05, 0.1) is 13.2 Å². The molecule has 0 unspecified atom stereocenters. The van der Waals surface area contributed by atoms with Crippen LogP contribution in [0.3, 0.4) is 0 Å². The monoisotopic (exact) mass is 245 g/mol. The van der Waals surface area contributed by atoms with Gasteiger partial charge in [-0.05, 0) is 44.2 Å². The maximum atomic E-state index is 11.4. The fourth-order valence-electron chi connectivity index (χ4n) is 1.72. The van der Waals surface area contributed by atoms with Crippen LogP contribution in [0.25, 0.3) is 0 Å². The Hall–Kier alpha value is -0.220. The number of thioether (sulfide) groups is 1. The topological polar surface area (TPSA) is 29.5 Å². The Morgan fingerprint density at radius 2 is 2.19 bits per heavy atom. The van der Waals surface area contributed by atoms with Crippen molar-refractivity contribution < 1.29 is 9.53 Å². The molecule has 0 amide bonds. The Kier molecular flexibility index (Phi) is 6.88. The molecule has 1 rings (SSSR count). The van der Waals surface area contributed by atoms with Gasteiger partial charge in [-0.15, -0.1) is 0 Å². The molecular weight excluding hydrogens is 222 g/mol. The summed E-state index contributed by atoms with van der Waals surface area (Å²) in [7, 11) is 0. The van der Waals surface area contributed by atoms with E-state index in [1.807, 2.05) is 18.7 Å². The van der Waals surface area contributed by atoms with Gasteiger partial charge in [0.1, 0.15) is 0 Å². The van der Waals surface area contributed by atoms with Gasteiger partial charge in [0.2, 0.25) is 0 Å². The number of carbonyl (C=O) groups excluding carboxylic acids is 1. The zero-order valence-corrected chi connectivity index (χ0v) is 11.2. The molecule has 0 N–H and O–H groups in total. The number of hydrogen-bond donors (Lipinski definition) is 0. The van der Waals surface area contributed by atoms with Crippen LogP contribution in [0.1, 0.15) is 33.1 Å². The van der Waals surface area contributed by atoms with Crippen molar-refractivity contribution in [3.63, 3.8) is 0 Å². The first-order valence-electron chi connectivity index (χ1n) is 6.25. The Labute approximate surface area is 103 Å². The van der Waals surface area contributed by atoms with Gasteiger partial charge < -0.3 is 4.74 Å². The summed E-state index contributed by atoms with van der Waals surface area (Å²) < 4.78 is 4.99. The third-order valence-electron chi connectivity index (χ3n) is 2.64. The standard InChI is InChI=1S/C12H23NO2S/c1-3-15-12(14)10-13(11-6-7-11)8-5-9-16-4-2/h11H,3-10H2,1-2H3. The van der Waals surface area contributed by atoms with E-state index in [0.29, 0.717) is 19.2 Å². The number of rotatable bonds is 9. The average molecular weight is 245 g/mol. The van der Waals surface area contributed by atoms with Gasteiger partial charge in [0.15, 0.2) is 0 Å². The van der Waals surface area contributed by atoms with Crippen molar-refractivity contribution in [1.82, 2.24) is 4.90 Å². The molecular formula is C12H23NO2S. The SMILES string of the molecule is CCOC(=O)CN(CCCSCC)C1CC1. The maximum absolute atomic E-state index is 11.4. The number of nitrogens with zero attached hydrogens (tertiary/aromatic N) is 1. The van der Waals surface area contributed by atoms with Gasteiger partial charge in [-0.1, -0.05) is 6.92 Å². The van der Waals surface area contributed by atoms with Crippen LogP contribution in [0, 0.1) is 0 Å². The molecule has 0 aromatic carbocycles. The van der Waals surface area contributed by atoms with E-state index in [0.717, 1.165) is 6.54 Å². The molecule has 94 valence electrons. The van der Waals surface area contributed by atoms with Gasteiger partial charge in [-0.2, -0.15) is 11.8 Å². The number of carbonyl (C=O) groups is 1. The molecule has 1 saturated carbocycles. The lowest BCUT2D eigenvalue weighted by atomic mass is 10.4. The van der Waals surface area contributed by atoms with Crippen LogP contribution < -0.4 is 0 Å². The summed E-state index contributed by atoms with van der Waals surface area (Å²) in [5.74, 6) is 2.31. The smallest absolute Gasteiger partial charge is 0.320 e. The zero-order chi connectivity index (χ0) is 11.8. The molecule has 0 bridgehead atoms. The molecule has 16 heavy (non-hydrogen) atoms. The van der Waals surface area contributed by atoms with Crippen molar-refractivity contribution in [3.05, 3.63) is 0 Å². The van der Waals surface area contributed by atoms with Crippen LogP contribution >= 0.6 is 11.8 Å². The molecule has 0 radical (unpaired) electrons. The Balaban J connectivity index is 2.17. The molecule has 0 aromatic heterocycles. The molecule has 0 spiro atoms. The van der Waals surface area contributed by atoms with Crippen molar-refractivity contribution in [3.8, 4) is 0 Å². The van der Waals surface area contributed by atoms with Crippen LogP contribution in [0.15, 0.2) is 0 Å². The third kappa shape index (κ3) is 5.75. The van der Waals surface area contributed by atoms with Crippen molar-refractivity contribution >= 4 is 17.7 Å². The minimum absolute atomic E-state index is 0.0717. The van der Waals surface area contributed by atoms with Gasteiger partial charge in [0.25, 0.3) is 0 Å². The first kappa shape index (κ1) is 13.8. The second-order valence-electron chi connectivity index (χ2n) is 4.06. The Morgan fingerprint density at radius 3 is 2.75 bits per heavy atom. The van der Waals surface area contributed by atoms with Crippen molar-refractivity contribution in [2.45, 2.75) is 39.2 Å². The average Bonchev–Trinajstić information content (AvgIpc) is 3.06. The highest BCUT2D eigenvalue weighted by Crippen LogP contribution is 2.26. The summed E-state index contributed by atoms with van der Waals surface area (Å²) in [5.41, 5.74) is 0. The van der Waals surface area contributed by atoms with Gasteiger partial charge in [-0.3, -0.25) is 9.69 Å². The summed E-state index contributed by atoms with van der Waals surface area (Å²) in [5, 5.41) is 0. The van der Waals surface area contributed by atoms with Crippen LogP contribution in [-0.4, -0.2) is 48.1 Å². The van der Waals surface area contributed by atoms with Crippen LogP contribution in [-0.2, 0) is 9.53 Å². The summed E-state index contributed by atoms with van der Waals surface area (Å²) in [6, 6.07) is 0.649. The van der Waals surface area contributed by atoms with Gasteiger partial charge in [-0.25, -0.2) is 0 Å². The second kappa shape index (κ2) is 7.96. The molecule has 0 saturated heterocycles. The molecule has 0 aliphatic heterocycles. The lowest BCUT2D eigenvalue weighted by Crippen LogP contribution is -2.34. The van der Waals surface area contributed by atoms with Crippen molar-refractivity contribution in [2.24, 2.45) is 0 Å². The highest BCUT2D eigenvalue weighted by molar-refractivity contribution is 7.99. The highest BCUT2D eigenvalue weighted by atomic mass is 32.2. The quantitative estimate of drug-likeness (QED) is 0.460. The fraction of sp³-hybridized carbons (Fsp3) is 0.917. The van der Waals surface area contributed by atoms with Gasteiger partial charge >= 0.3 is 5.97 Å². The molecule has 1 aliphatic rings. The summed E-state index contributed by atoms with van der Waals surface area (Å²) >= 11 is 1.97. The zero-order valence-electron chi connectivity index (χ0n) is 10.4. The minimum atomic E-state index is -0.0717. The van der Waals surface area contributed by atoms with Crippen LogP contribution in [0.2, 0.25) is 0 Å². The Bertz CT molecular complexity index is 207. The van der Waals surface area contributed by atoms with E-state index in [-0.39, 0.29) is 5.97 Å². The van der Waals surface area contributed by atoms with Crippen molar-refractivity contribution in [2.75, 3.05) is 31.2 Å². The lowest BCUT2D eigenvalue weighted by molar-refractivity contribution is -0.144. The normalized spacial score (nSPS) is 15.4.